The minimum absolute atomic E-state index is 0.0738. The first-order valence-corrected chi connectivity index (χ1v) is 5.84. The third-order valence-corrected chi connectivity index (χ3v) is 2.66. The zero-order chi connectivity index (χ0) is 13.7. The topological polar surface area (TPSA) is 94.1 Å². The summed E-state index contributed by atoms with van der Waals surface area (Å²) >= 11 is 0. The lowest BCUT2D eigenvalue weighted by Gasteiger charge is -2.07. The Bertz CT molecular complexity index is 572. The van der Waals surface area contributed by atoms with Gasteiger partial charge in [-0.3, -0.25) is 15.1 Å². The van der Waals surface area contributed by atoms with Crippen LogP contribution in [0, 0.1) is 10.1 Å². The van der Waals surface area contributed by atoms with Crippen LogP contribution in [0.3, 0.4) is 0 Å². The fraction of sp³-hybridized carbons (Fsp3) is 0.154. The van der Waals surface area contributed by atoms with Crippen molar-refractivity contribution in [2.45, 2.75) is 6.42 Å². The van der Waals surface area contributed by atoms with Crippen LogP contribution in [0.5, 0.6) is 0 Å². The standard InChI is InChI=1S/C13H14N4O2/c14-12-9-11(4-5-13(12)17(18)19)16-8-6-10-3-1-2-7-15-10/h1-5,7,9,16H,6,8,14H2. The number of nitrogens with two attached hydrogens (primary N) is 1. The van der Waals surface area contributed by atoms with Crippen LogP contribution in [0.2, 0.25) is 0 Å². The maximum absolute atomic E-state index is 10.6. The van der Waals surface area contributed by atoms with E-state index in [2.05, 4.69) is 10.3 Å². The van der Waals surface area contributed by atoms with Gasteiger partial charge in [0, 0.05) is 36.6 Å². The molecule has 2 aromatic rings. The van der Waals surface area contributed by atoms with Crippen LogP contribution in [0.1, 0.15) is 5.69 Å². The molecule has 98 valence electrons. The van der Waals surface area contributed by atoms with Gasteiger partial charge in [-0.2, -0.15) is 0 Å². The molecule has 1 heterocycles. The summed E-state index contributed by atoms with van der Waals surface area (Å²) in [5.41, 5.74) is 7.45. The van der Waals surface area contributed by atoms with Crippen LogP contribution < -0.4 is 11.1 Å². The van der Waals surface area contributed by atoms with Gasteiger partial charge in [0.1, 0.15) is 5.69 Å². The van der Waals surface area contributed by atoms with Gasteiger partial charge in [-0.1, -0.05) is 6.07 Å². The van der Waals surface area contributed by atoms with E-state index in [0.29, 0.717) is 6.54 Å². The van der Waals surface area contributed by atoms with Crippen molar-refractivity contribution in [1.29, 1.82) is 0 Å². The van der Waals surface area contributed by atoms with E-state index in [4.69, 9.17) is 5.73 Å². The number of nitrogens with zero attached hydrogens (tertiary/aromatic N) is 2. The van der Waals surface area contributed by atoms with Crippen molar-refractivity contribution in [2.24, 2.45) is 0 Å². The maximum Gasteiger partial charge on any atom is 0.292 e. The van der Waals surface area contributed by atoms with E-state index < -0.39 is 4.92 Å². The van der Waals surface area contributed by atoms with Crippen LogP contribution in [0.4, 0.5) is 17.1 Å². The van der Waals surface area contributed by atoms with Crippen molar-refractivity contribution in [2.75, 3.05) is 17.6 Å². The van der Waals surface area contributed by atoms with Crippen LogP contribution in [0.25, 0.3) is 0 Å². The number of aromatic nitrogens is 1. The Labute approximate surface area is 110 Å². The first-order valence-electron chi connectivity index (χ1n) is 5.84. The lowest BCUT2D eigenvalue weighted by molar-refractivity contribution is -0.383. The lowest BCUT2D eigenvalue weighted by Crippen LogP contribution is -2.06. The normalized spacial score (nSPS) is 10.1. The molecule has 0 radical (unpaired) electrons. The van der Waals surface area contributed by atoms with Gasteiger partial charge in [0.25, 0.3) is 5.69 Å². The molecule has 2 rings (SSSR count). The third-order valence-electron chi connectivity index (χ3n) is 2.66. The Balaban J connectivity index is 1.93. The zero-order valence-electron chi connectivity index (χ0n) is 10.2. The van der Waals surface area contributed by atoms with E-state index in [1.54, 1.807) is 18.3 Å². The molecule has 0 amide bonds. The summed E-state index contributed by atoms with van der Waals surface area (Å²) in [6.45, 7) is 0.689. The predicted molar refractivity (Wildman–Crippen MR) is 73.9 cm³/mol. The molecule has 6 nitrogen and oxygen atoms in total. The molecule has 0 saturated carbocycles. The lowest BCUT2D eigenvalue weighted by atomic mass is 10.2. The van der Waals surface area contributed by atoms with Crippen LogP contribution >= 0.6 is 0 Å². The Hall–Kier alpha value is -2.63. The predicted octanol–water partition coefficient (Wildman–Crippen LogP) is 2.23. The number of hydrogen-bond acceptors (Lipinski definition) is 5. The summed E-state index contributed by atoms with van der Waals surface area (Å²) in [6, 6.07) is 10.4. The molecule has 19 heavy (non-hydrogen) atoms. The number of nitrogen functional groups attached to an aromatic ring is 1. The third kappa shape index (κ3) is 3.41. The van der Waals surface area contributed by atoms with Crippen molar-refractivity contribution in [3.05, 3.63) is 58.4 Å². The van der Waals surface area contributed by atoms with Crippen LogP contribution in [0.15, 0.2) is 42.6 Å². The molecule has 1 aromatic heterocycles. The first-order chi connectivity index (χ1) is 9.16. The van der Waals surface area contributed by atoms with Gasteiger partial charge in [0.05, 0.1) is 4.92 Å². The van der Waals surface area contributed by atoms with E-state index >= 15 is 0 Å². The van der Waals surface area contributed by atoms with Crippen molar-refractivity contribution >= 4 is 17.1 Å². The highest BCUT2D eigenvalue weighted by Gasteiger charge is 2.10. The van der Waals surface area contributed by atoms with Crippen molar-refractivity contribution in [3.63, 3.8) is 0 Å². The highest BCUT2D eigenvalue weighted by molar-refractivity contribution is 5.65. The second-order valence-electron chi connectivity index (χ2n) is 4.03. The number of anilines is 2. The summed E-state index contributed by atoms with van der Waals surface area (Å²) in [6.07, 6.45) is 2.52. The molecule has 0 fully saturated rings. The Morgan fingerprint density at radius 2 is 2.16 bits per heavy atom. The second-order valence-corrected chi connectivity index (χ2v) is 4.03. The monoisotopic (exact) mass is 258 g/mol. The minimum atomic E-state index is -0.493. The van der Waals surface area contributed by atoms with Gasteiger partial charge in [-0.05, 0) is 24.3 Å². The number of hydrogen-bond donors (Lipinski definition) is 2. The fourth-order valence-electron chi connectivity index (χ4n) is 1.71. The molecule has 6 heteroatoms. The number of benzene rings is 1. The summed E-state index contributed by atoms with van der Waals surface area (Å²) in [5, 5.41) is 13.8. The molecule has 3 N–H and O–H groups in total. The summed E-state index contributed by atoms with van der Waals surface area (Å²) in [5.74, 6) is 0. The number of rotatable bonds is 5. The van der Waals surface area contributed by atoms with E-state index in [-0.39, 0.29) is 11.4 Å². The first kappa shape index (κ1) is 12.8. The van der Waals surface area contributed by atoms with Gasteiger partial charge < -0.3 is 11.1 Å². The van der Waals surface area contributed by atoms with E-state index in [1.165, 1.54) is 6.07 Å². The van der Waals surface area contributed by atoms with E-state index in [0.717, 1.165) is 17.8 Å². The fourth-order valence-corrected chi connectivity index (χ4v) is 1.71. The Morgan fingerprint density at radius 1 is 1.32 bits per heavy atom. The Kier molecular flexibility index (Phi) is 3.92. The van der Waals surface area contributed by atoms with Crippen molar-refractivity contribution in [1.82, 2.24) is 4.98 Å². The quantitative estimate of drug-likeness (QED) is 0.487. The van der Waals surface area contributed by atoms with Crippen LogP contribution in [-0.4, -0.2) is 16.5 Å². The number of nitrogens with one attached hydrogen (secondary N) is 1. The molecule has 0 aliphatic carbocycles. The highest BCUT2D eigenvalue weighted by atomic mass is 16.6. The maximum atomic E-state index is 10.6. The SMILES string of the molecule is Nc1cc(NCCc2ccccn2)ccc1[N+](=O)[O-]. The molecule has 0 spiro atoms. The molecular weight excluding hydrogens is 244 g/mol. The largest absolute Gasteiger partial charge is 0.393 e. The van der Waals surface area contributed by atoms with Gasteiger partial charge in [-0.15, -0.1) is 0 Å². The van der Waals surface area contributed by atoms with Crippen molar-refractivity contribution in [3.8, 4) is 0 Å². The molecular formula is C13H14N4O2. The molecule has 0 atom stereocenters. The second kappa shape index (κ2) is 5.81. The van der Waals surface area contributed by atoms with Gasteiger partial charge in [0.15, 0.2) is 0 Å². The molecule has 0 aliphatic heterocycles. The van der Waals surface area contributed by atoms with Gasteiger partial charge >= 0.3 is 0 Å². The van der Waals surface area contributed by atoms with Gasteiger partial charge in [0.2, 0.25) is 0 Å². The number of pyridine rings is 1. The minimum Gasteiger partial charge on any atom is -0.393 e. The van der Waals surface area contributed by atoms with Crippen LogP contribution in [-0.2, 0) is 6.42 Å². The van der Waals surface area contributed by atoms with Crippen molar-refractivity contribution < 1.29 is 4.92 Å². The van der Waals surface area contributed by atoms with E-state index in [9.17, 15) is 10.1 Å². The summed E-state index contributed by atoms with van der Waals surface area (Å²) in [4.78, 5) is 14.3. The Morgan fingerprint density at radius 3 is 2.79 bits per heavy atom. The average Bonchev–Trinajstić information content (AvgIpc) is 2.39. The summed E-state index contributed by atoms with van der Waals surface area (Å²) < 4.78 is 0. The highest BCUT2D eigenvalue weighted by Crippen LogP contribution is 2.24. The average molecular weight is 258 g/mol. The molecule has 0 aliphatic rings. The zero-order valence-corrected chi connectivity index (χ0v) is 10.2. The van der Waals surface area contributed by atoms with Gasteiger partial charge in [-0.25, -0.2) is 0 Å². The number of nitro groups is 1. The number of nitro benzene ring substituents is 1. The smallest absolute Gasteiger partial charge is 0.292 e. The molecule has 0 bridgehead atoms. The molecule has 0 saturated heterocycles. The molecule has 1 aromatic carbocycles. The summed E-state index contributed by atoms with van der Waals surface area (Å²) in [7, 11) is 0. The molecule has 0 unspecified atom stereocenters. The van der Waals surface area contributed by atoms with E-state index in [1.807, 2.05) is 18.2 Å².